The molecule has 41 heavy (non-hydrogen) atoms. The highest BCUT2D eigenvalue weighted by Gasteiger charge is 2.21. The van der Waals surface area contributed by atoms with Gasteiger partial charge in [0.15, 0.2) is 17.3 Å². The molecule has 1 amide bonds. The Labute approximate surface area is 241 Å². The van der Waals surface area contributed by atoms with Gasteiger partial charge in [-0.05, 0) is 68.4 Å². The van der Waals surface area contributed by atoms with Crippen molar-refractivity contribution in [3.05, 3.63) is 77.6 Å². The average molecular weight is 580 g/mol. The van der Waals surface area contributed by atoms with E-state index in [9.17, 15) is 13.6 Å². The first kappa shape index (κ1) is 28.3. The van der Waals surface area contributed by atoms with E-state index in [1.807, 2.05) is 13.1 Å². The van der Waals surface area contributed by atoms with Crippen LogP contribution >= 0.6 is 11.6 Å². The van der Waals surface area contributed by atoms with Crippen molar-refractivity contribution in [2.45, 2.75) is 18.9 Å². The van der Waals surface area contributed by atoms with E-state index >= 15 is 0 Å². The molecular weight excluding hydrogens is 552 g/mol. The zero-order valence-electron chi connectivity index (χ0n) is 22.7. The molecule has 212 valence electrons. The van der Waals surface area contributed by atoms with Gasteiger partial charge >= 0.3 is 0 Å². The minimum Gasteiger partial charge on any atom is -0.493 e. The lowest BCUT2D eigenvalue weighted by Gasteiger charge is -2.18. The van der Waals surface area contributed by atoms with Gasteiger partial charge in [-0.1, -0.05) is 23.7 Å². The molecule has 2 heterocycles. The lowest BCUT2D eigenvalue weighted by atomic mass is 9.97. The Morgan fingerprint density at radius 3 is 2.59 bits per heavy atom. The highest BCUT2D eigenvalue weighted by atomic mass is 35.5. The summed E-state index contributed by atoms with van der Waals surface area (Å²) in [7, 11) is 5.09. The zero-order valence-corrected chi connectivity index (χ0v) is 23.4. The number of likely N-dealkylation sites (tertiary alicyclic amines) is 1. The molecule has 0 radical (unpaired) electrons. The molecule has 5 rings (SSSR count). The van der Waals surface area contributed by atoms with Gasteiger partial charge in [0.25, 0.3) is 0 Å². The van der Waals surface area contributed by atoms with Gasteiger partial charge in [0.05, 0.1) is 30.8 Å². The molecule has 3 aromatic carbocycles. The Balaban J connectivity index is 1.65. The van der Waals surface area contributed by atoms with Gasteiger partial charge in [0, 0.05) is 23.4 Å². The first-order chi connectivity index (χ1) is 19.8. The first-order valence-electron chi connectivity index (χ1n) is 12.9. The number of amides is 1. The number of hydrogen-bond donors (Lipinski definition) is 2. The van der Waals surface area contributed by atoms with Gasteiger partial charge in [0.2, 0.25) is 5.91 Å². The Morgan fingerprint density at radius 1 is 1.07 bits per heavy atom. The minimum absolute atomic E-state index is 0.0762. The summed E-state index contributed by atoms with van der Waals surface area (Å²) in [4.78, 5) is 24.1. The molecule has 11 heteroatoms. The standard InChI is InChI=1S/C30H28ClF2N5O3/c1-38-14-4-5-18(38)7-13-25(39)36-21-11-10-20-27(26(21)17-6-12-23(40-2)24(15-17)41-3)30(35-16-34-20)37-22-9-8-19(32)28(31)29(22)33/h6-13,15-16,18H,4-5,14H2,1-3H3,(H,36,39)(H,34,35,37)/b13-7+. The second-order valence-electron chi connectivity index (χ2n) is 9.56. The van der Waals surface area contributed by atoms with E-state index in [1.165, 1.54) is 32.7 Å². The molecular formula is C30H28ClF2N5O3. The quantitative estimate of drug-likeness (QED) is 0.180. The Kier molecular flexibility index (Phi) is 8.32. The third kappa shape index (κ3) is 5.79. The topological polar surface area (TPSA) is 88.6 Å². The maximum Gasteiger partial charge on any atom is 0.248 e. The Morgan fingerprint density at radius 2 is 1.85 bits per heavy atom. The van der Waals surface area contributed by atoms with Gasteiger partial charge in [0.1, 0.15) is 23.0 Å². The monoisotopic (exact) mass is 579 g/mol. The molecule has 2 N–H and O–H groups in total. The van der Waals surface area contributed by atoms with E-state index in [1.54, 1.807) is 30.3 Å². The van der Waals surface area contributed by atoms with E-state index in [0.717, 1.165) is 25.5 Å². The molecule has 1 aromatic heterocycles. The Hall–Kier alpha value is -4.28. The van der Waals surface area contributed by atoms with Crippen LogP contribution in [0.15, 0.2) is 60.9 Å². The average Bonchev–Trinajstić information content (AvgIpc) is 3.40. The number of nitrogens with zero attached hydrogens (tertiary/aromatic N) is 3. The lowest BCUT2D eigenvalue weighted by molar-refractivity contribution is -0.111. The number of rotatable bonds is 8. The van der Waals surface area contributed by atoms with E-state index in [2.05, 4.69) is 25.5 Å². The molecule has 4 aromatic rings. The third-order valence-electron chi connectivity index (χ3n) is 7.07. The number of hydrogen-bond acceptors (Lipinski definition) is 7. The summed E-state index contributed by atoms with van der Waals surface area (Å²) in [6, 6.07) is 11.3. The molecule has 1 fully saturated rings. The highest BCUT2D eigenvalue weighted by molar-refractivity contribution is 6.31. The largest absolute Gasteiger partial charge is 0.493 e. The molecule has 0 spiro atoms. The molecule has 1 aliphatic heterocycles. The second-order valence-corrected chi connectivity index (χ2v) is 9.94. The molecule has 0 saturated carbocycles. The summed E-state index contributed by atoms with van der Waals surface area (Å²) >= 11 is 5.82. The van der Waals surface area contributed by atoms with E-state index in [0.29, 0.717) is 39.2 Å². The van der Waals surface area contributed by atoms with Gasteiger partial charge in [-0.15, -0.1) is 0 Å². The van der Waals surface area contributed by atoms with Crippen LogP contribution in [0.4, 0.5) is 26.0 Å². The van der Waals surface area contributed by atoms with Crippen LogP contribution in [0.2, 0.25) is 5.02 Å². The maximum atomic E-state index is 14.9. The molecule has 0 aliphatic carbocycles. The summed E-state index contributed by atoms with van der Waals surface area (Å²) in [5.41, 5.74) is 2.11. The normalized spacial score (nSPS) is 15.4. The molecule has 1 atom stereocenters. The van der Waals surface area contributed by atoms with Gasteiger partial charge in [-0.3, -0.25) is 9.69 Å². The van der Waals surface area contributed by atoms with Crippen molar-refractivity contribution in [1.29, 1.82) is 0 Å². The van der Waals surface area contributed by atoms with E-state index in [-0.39, 0.29) is 23.5 Å². The number of carbonyl (C=O) groups excluding carboxylic acids is 1. The number of carbonyl (C=O) groups is 1. The summed E-state index contributed by atoms with van der Waals surface area (Å²) in [6.45, 7) is 0.986. The fraction of sp³-hybridized carbons (Fsp3) is 0.233. The molecule has 8 nitrogen and oxygen atoms in total. The van der Waals surface area contributed by atoms with Crippen LogP contribution in [0.25, 0.3) is 22.0 Å². The number of halogens is 3. The van der Waals surface area contributed by atoms with Crippen molar-refractivity contribution in [2.75, 3.05) is 38.4 Å². The number of fused-ring (bicyclic) bond motifs is 1. The smallest absolute Gasteiger partial charge is 0.248 e. The Bertz CT molecular complexity index is 1650. The van der Waals surface area contributed by atoms with Gasteiger partial charge in [-0.25, -0.2) is 18.7 Å². The fourth-order valence-corrected chi connectivity index (χ4v) is 5.11. The van der Waals surface area contributed by atoms with Crippen molar-refractivity contribution in [3.63, 3.8) is 0 Å². The molecule has 1 aliphatic rings. The van der Waals surface area contributed by atoms with Crippen LogP contribution < -0.4 is 20.1 Å². The molecule has 0 bridgehead atoms. The van der Waals surface area contributed by atoms with Crippen LogP contribution in [0, 0.1) is 11.6 Å². The second kappa shape index (κ2) is 12.1. The highest BCUT2D eigenvalue weighted by Crippen LogP contribution is 2.42. The number of anilines is 3. The molecule has 1 saturated heterocycles. The van der Waals surface area contributed by atoms with E-state index < -0.39 is 16.7 Å². The molecule has 1 unspecified atom stereocenters. The van der Waals surface area contributed by atoms with Gasteiger partial charge in [-0.2, -0.15) is 0 Å². The van der Waals surface area contributed by atoms with E-state index in [4.69, 9.17) is 21.1 Å². The number of benzene rings is 3. The summed E-state index contributed by atoms with van der Waals surface area (Å²) in [6.07, 6.45) is 6.83. The lowest BCUT2D eigenvalue weighted by Crippen LogP contribution is -2.23. The predicted molar refractivity (Wildman–Crippen MR) is 156 cm³/mol. The van der Waals surface area contributed by atoms with Crippen molar-refractivity contribution in [3.8, 4) is 22.6 Å². The van der Waals surface area contributed by atoms with Crippen molar-refractivity contribution in [2.24, 2.45) is 0 Å². The van der Waals surface area contributed by atoms with Crippen molar-refractivity contribution in [1.82, 2.24) is 14.9 Å². The van der Waals surface area contributed by atoms with Crippen LogP contribution in [0.3, 0.4) is 0 Å². The zero-order chi connectivity index (χ0) is 29.1. The predicted octanol–water partition coefficient (Wildman–Crippen LogP) is 6.58. The third-order valence-corrected chi connectivity index (χ3v) is 7.42. The number of nitrogens with one attached hydrogen (secondary N) is 2. The first-order valence-corrected chi connectivity index (χ1v) is 13.3. The van der Waals surface area contributed by atoms with Crippen LogP contribution in [-0.2, 0) is 4.79 Å². The van der Waals surface area contributed by atoms with Gasteiger partial charge < -0.3 is 20.1 Å². The number of likely N-dealkylation sites (N-methyl/N-ethyl adjacent to an activating group) is 1. The SMILES string of the molecule is COc1ccc(-c2c(NC(=O)/C=C/C3CCCN3C)ccc3ncnc(Nc4ccc(F)c(Cl)c4F)c23)cc1OC. The summed E-state index contributed by atoms with van der Waals surface area (Å²) in [5.74, 6) is -0.947. The van der Waals surface area contributed by atoms with Crippen LogP contribution in [0.5, 0.6) is 11.5 Å². The number of aromatic nitrogens is 2. The minimum atomic E-state index is -0.961. The number of methoxy groups -OCH3 is 2. The fourth-order valence-electron chi connectivity index (χ4n) is 4.94. The van der Waals surface area contributed by atoms with Crippen LogP contribution in [-0.4, -0.2) is 54.6 Å². The number of ether oxygens (including phenoxy) is 2. The van der Waals surface area contributed by atoms with Crippen molar-refractivity contribution >= 4 is 45.6 Å². The maximum absolute atomic E-state index is 14.9. The summed E-state index contributed by atoms with van der Waals surface area (Å²) in [5, 5.41) is 5.75. The van der Waals surface area contributed by atoms with Crippen LogP contribution in [0.1, 0.15) is 12.8 Å². The van der Waals surface area contributed by atoms with Crippen molar-refractivity contribution < 1.29 is 23.0 Å². The summed E-state index contributed by atoms with van der Waals surface area (Å²) < 4.78 is 39.6.